The van der Waals surface area contributed by atoms with Crippen molar-refractivity contribution in [3.05, 3.63) is 17.7 Å². The molecule has 2 amide bonds. The normalized spacial score (nSPS) is 10.7. The van der Waals surface area contributed by atoms with Gasteiger partial charge in [-0.05, 0) is 12.8 Å². The Morgan fingerprint density at radius 1 is 0.958 bits per heavy atom. The Morgan fingerprint density at radius 2 is 1.50 bits per heavy atom. The van der Waals surface area contributed by atoms with Gasteiger partial charge >= 0.3 is 0 Å². The van der Waals surface area contributed by atoms with Gasteiger partial charge in [0.2, 0.25) is 11.8 Å². The molecule has 0 atom stereocenters. The van der Waals surface area contributed by atoms with E-state index in [0.29, 0.717) is 12.8 Å². The van der Waals surface area contributed by atoms with Crippen molar-refractivity contribution in [3.63, 3.8) is 0 Å². The molecule has 1 rings (SSSR count). The van der Waals surface area contributed by atoms with Crippen LogP contribution in [0.5, 0.6) is 17.2 Å². The SMILES string of the molecule is O=C(CCCCCCC(=O)N/N=C/c1c(O)cc(O)cc1O)NO. The monoisotopic (exact) mass is 339 g/mol. The Morgan fingerprint density at radius 3 is 2.04 bits per heavy atom. The van der Waals surface area contributed by atoms with E-state index in [1.165, 1.54) is 0 Å². The van der Waals surface area contributed by atoms with Gasteiger partial charge < -0.3 is 15.3 Å². The first-order valence-electron chi connectivity index (χ1n) is 7.43. The Hall–Kier alpha value is -2.81. The third-order valence-corrected chi connectivity index (χ3v) is 3.19. The predicted molar refractivity (Wildman–Crippen MR) is 84.8 cm³/mol. The smallest absolute Gasteiger partial charge is 0.243 e. The van der Waals surface area contributed by atoms with E-state index < -0.39 is 5.91 Å². The lowest BCUT2D eigenvalue weighted by atomic mass is 10.1. The molecule has 6 N–H and O–H groups in total. The minimum Gasteiger partial charge on any atom is -0.508 e. The van der Waals surface area contributed by atoms with E-state index in [4.69, 9.17) is 10.3 Å². The Kier molecular flexibility index (Phi) is 8.06. The molecule has 0 bridgehead atoms. The van der Waals surface area contributed by atoms with Crippen molar-refractivity contribution in [2.24, 2.45) is 5.10 Å². The molecule has 1 aromatic carbocycles. The molecule has 0 fully saturated rings. The number of carbonyl (C=O) groups is 2. The van der Waals surface area contributed by atoms with Crippen molar-refractivity contribution in [3.8, 4) is 17.2 Å². The van der Waals surface area contributed by atoms with Crippen LogP contribution in [0.3, 0.4) is 0 Å². The summed E-state index contributed by atoms with van der Waals surface area (Å²) in [6.07, 6.45) is 4.34. The topological polar surface area (TPSA) is 151 Å². The highest BCUT2D eigenvalue weighted by Crippen LogP contribution is 2.30. The van der Waals surface area contributed by atoms with Crippen molar-refractivity contribution < 1.29 is 30.1 Å². The highest BCUT2D eigenvalue weighted by atomic mass is 16.5. The van der Waals surface area contributed by atoms with Crippen molar-refractivity contribution >= 4 is 18.0 Å². The molecule has 24 heavy (non-hydrogen) atoms. The third kappa shape index (κ3) is 6.97. The van der Waals surface area contributed by atoms with Crippen LogP contribution in [-0.2, 0) is 9.59 Å². The van der Waals surface area contributed by atoms with Crippen LogP contribution in [0.4, 0.5) is 0 Å². The van der Waals surface area contributed by atoms with E-state index in [-0.39, 0.29) is 41.6 Å². The number of rotatable bonds is 9. The van der Waals surface area contributed by atoms with Crippen LogP contribution < -0.4 is 10.9 Å². The molecule has 0 saturated carbocycles. The average molecular weight is 339 g/mol. The molecule has 0 radical (unpaired) electrons. The molecule has 0 heterocycles. The van der Waals surface area contributed by atoms with Crippen molar-refractivity contribution in [1.82, 2.24) is 10.9 Å². The lowest BCUT2D eigenvalue weighted by Crippen LogP contribution is -2.18. The molecule has 0 aliphatic heterocycles. The number of hydrogen-bond donors (Lipinski definition) is 6. The number of nitrogens with zero attached hydrogens (tertiary/aromatic N) is 1. The summed E-state index contributed by atoms with van der Waals surface area (Å²) < 4.78 is 0. The maximum absolute atomic E-state index is 11.6. The van der Waals surface area contributed by atoms with Crippen molar-refractivity contribution in [1.29, 1.82) is 0 Å². The summed E-state index contributed by atoms with van der Waals surface area (Å²) >= 11 is 0. The number of aromatic hydroxyl groups is 3. The summed E-state index contributed by atoms with van der Waals surface area (Å²) in [5, 5.41) is 40.2. The fourth-order valence-corrected chi connectivity index (χ4v) is 1.95. The van der Waals surface area contributed by atoms with E-state index in [0.717, 1.165) is 31.2 Å². The van der Waals surface area contributed by atoms with E-state index in [1.807, 2.05) is 0 Å². The Bertz CT molecular complexity index is 580. The van der Waals surface area contributed by atoms with Crippen LogP contribution in [0.25, 0.3) is 0 Å². The van der Waals surface area contributed by atoms with Gasteiger partial charge in [0, 0.05) is 25.0 Å². The summed E-state index contributed by atoms with van der Waals surface area (Å²) in [5.74, 6) is -1.77. The number of hydroxylamine groups is 1. The first kappa shape index (κ1) is 19.2. The van der Waals surface area contributed by atoms with E-state index in [9.17, 15) is 19.8 Å². The van der Waals surface area contributed by atoms with Crippen LogP contribution >= 0.6 is 0 Å². The summed E-state index contributed by atoms with van der Waals surface area (Å²) in [6, 6.07) is 2.08. The standard InChI is InChI=1S/C15H21N3O6/c19-10-7-12(20)11(13(21)8-10)9-16-17-14(22)5-3-1-2-4-6-15(23)18-24/h7-9,19-21,24H,1-6H2,(H,17,22)(H,18,23)/b16-9+. The lowest BCUT2D eigenvalue weighted by molar-refractivity contribution is -0.129. The molecule has 1 aromatic rings. The summed E-state index contributed by atoms with van der Waals surface area (Å²) in [6.45, 7) is 0. The number of hydrazone groups is 1. The number of carbonyl (C=O) groups excluding carboxylic acids is 2. The molecule has 0 unspecified atom stereocenters. The van der Waals surface area contributed by atoms with Gasteiger partial charge in [-0.1, -0.05) is 12.8 Å². The number of hydrogen-bond acceptors (Lipinski definition) is 7. The molecule has 0 aliphatic carbocycles. The molecule has 9 nitrogen and oxygen atoms in total. The lowest BCUT2D eigenvalue weighted by Gasteiger charge is -2.04. The summed E-state index contributed by atoms with van der Waals surface area (Å²) in [4.78, 5) is 22.3. The van der Waals surface area contributed by atoms with Crippen molar-refractivity contribution in [2.75, 3.05) is 0 Å². The fraction of sp³-hybridized carbons (Fsp3) is 0.400. The first-order valence-corrected chi connectivity index (χ1v) is 7.43. The first-order chi connectivity index (χ1) is 11.4. The van der Waals surface area contributed by atoms with E-state index in [1.54, 1.807) is 5.48 Å². The second-order valence-corrected chi connectivity index (χ2v) is 5.14. The van der Waals surface area contributed by atoms with Crippen LogP contribution in [0, 0.1) is 0 Å². The number of benzene rings is 1. The van der Waals surface area contributed by atoms with Gasteiger partial charge in [0.25, 0.3) is 0 Å². The average Bonchev–Trinajstić information content (AvgIpc) is 2.52. The zero-order valence-electron chi connectivity index (χ0n) is 13.0. The minimum absolute atomic E-state index is 0.0183. The molecule has 132 valence electrons. The maximum Gasteiger partial charge on any atom is 0.243 e. The number of amides is 2. The third-order valence-electron chi connectivity index (χ3n) is 3.19. The summed E-state index contributed by atoms with van der Waals surface area (Å²) in [5.41, 5.74) is 3.80. The number of phenols is 3. The second-order valence-electron chi connectivity index (χ2n) is 5.14. The maximum atomic E-state index is 11.6. The van der Waals surface area contributed by atoms with Gasteiger partial charge in [-0.15, -0.1) is 0 Å². The van der Waals surface area contributed by atoms with Gasteiger partial charge in [0.05, 0.1) is 11.8 Å². The Balaban J connectivity index is 2.26. The number of nitrogens with one attached hydrogen (secondary N) is 2. The van der Waals surface area contributed by atoms with Crippen molar-refractivity contribution in [2.45, 2.75) is 38.5 Å². The molecular weight excluding hydrogens is 318 g/mol. The van der Waals surface area contributed by atoms with Crippen LogP contribution in [-0.4, -0.2) is 38.6 Å². The highest BCUT2D eigenvalue weighted by molar-refractivity contribution is 5.88. The molecule has 0 saturated heterocycles. The fourth-order valence-electron chi connectivity index (χ4n) is 1.95. The zero-order chi connectivity index (χ0) is 17.9. The largest absolute Gasteiger partial charge is 0.508 e. The van der Waals surface area contributed by atoms with Gasteiger partial charge in [-0.3, -0.25) is 14.8 Å². The van der Waals surface area contributed by atoms with Gasteiger partial charge in [-0.25, -0.2) is 10.9 Å². The second kappa shape index (κ2) is 10.1. The molecule has 9 heteroatoms. The van der Waals surface area contributed by atoms with Crippen LogP contribution in [0.2, 0.25) is 0 Å². The quantitative estimate of drug-likeness (QED) is 0.171. The summed E-state index contributed by atoms with van der Waals surface area (Å²) in [7, 11) is 0. The number of phenolic OH excluding ortho intramolecular Hbond substituents is 3. The van der Waals surface area contributed by atoms with Gasteiger partial charge in [0.1, 0.15) is 17.2 Å². The molecule has 0 spiro atoms. The van der Waals surface area contributed by atoms with E-state index >= 15 is 0 Å². The van der Waals surface area contributed by atoms with Crippen LogP contribution in [0.1, 0.15) is 44.1 Å². The molecular formula is C15H21N3O6. The predicted octanol–water partition coefficient (Wildman–Crippen LogP) is 1.10. The number of unbranched alkanes of at least 4 members (excludes halogenated alkanes) is 3. The Labute approximate surface area is 138 Å². The zero-order valence-corrected chi connectivity index (χ0v) is 13.0. The highest BCUT2D eigenvalue weighted by Gasteiger charge is 2.07. The van der Waals surface area contributed by atoms with Gasteiger partial charge in [0.15, 0.2) is 0 Å². The minimum atomic E-state index is -0.428. The van der Waals surface area contributed by atoms with E-state index in [2.05, 4.69) is 10.5 Å². The molecule has 0 aromatic heterocycles. The molecule has 0 aliphatic rings. The van der Waals surface area contributed by atoms with Gasteiger partial charge in [-0.2, -0.15) is 5.10 Å². The van der Waals surface area contributed by atoms with Crippen LogP contribution in [0.15, 0.2) is 17.2 Å².